The van der Waals surface area contributed by atoms with Crippen LogP contribution in [-0.2, 0) is 20.9 Å². The molecule has 3 N–H and O–H groups in total. The monoisotopic (exact) mass is 666 g/mol. The lowest BCUT2D eigenvalue weighted by atomic mass is 9.95. The van der Waals surface area contributed by atoms with Crippen LogP contribution < -0.4 is 39.7 Å². The molecule has 2 heterocycles. The van der Waals surface area contributed by atoms with Gasteiger partial charge in [-0.25, -0.2) is 10.2 Å². The minimum atomic E-state index is -0.645. The lowest BCUT2D eigenvalue weighted by Crippen LogP contribution is -2.45. The molecule has 12 nitrogen and oxygen atoms in total. The van der Waals surface area contributed by atoms with Crippen molar-refractivity contribution in [2.45, 2.75) is 26.5 Å². The van der Waals surface area contributed by atoms with Gasteiger partial charge in [0.2, 0.25) is 6.79 Å². The van der Waals surface area contributed by atoms with Crippen LogP contribution in [0.4, 0.5) is 0 Å². The van der Waals surface area contributed by atoms with Crippen molar-refractivity contribution in [3.63, 3.8) is 0 Å². The van der Waals surface area contributed by atoms with E-state index in [9.17, 15) is 9.59 Å². The maximum atomic E-state index is 12.8. The highest BCUT2D eigenvalue weighted by Crippen LogP contribution is 2.38. The van der Waals surface area contributed by atoms with Crippen LogP contribution in [0.3, 0.4) is 0 Å². The van der Waals surface area contributed by atoms with Crippen LogP contribution in [0.15, 0.2) is 71.0 Å². The fraction of sp³-hybridized carbons (Fsp3) is 0.250. The molecule has 0 saturated heterocycles. The molecule has 0 spiro atoms. The van der Waals surface area contributed by atoms with Crippen LogP contribution in [-0.4, -0.2) is 50.3 Å². The molecule has 0 bridgehead atoms. The van der Waals surface area contributed by atoms with E-state index in [1.807, 2.05) is 18.2 Å². The average Bonchev–Trinajstić information content (AvgIpc) is 3.51. The molecule has 3 aromatic carbocycles. The molecule has 0 radical (unpaired) electrons. The number of allylic oxidation sites excluding steroid dienone is 1. The first kappa shape index (κ1) is 32.4. The number of hydrogen-bond donors (Lipinski definition) is 3. The zero-order chi connectivity index (χ0) is 32.6. The predicted octanol–water partition coefficient (Wildman–Crippen LogP) is 4.54. The number of nitrogens with one attached hydrogen (secondary N) is 3. The zero-order valence-electron chi connectivity index (χ0n) is 25.2. The summed E-state index contributed by atoms with van der Waals surface area (Å²) in [7, 11) is 1.50. The lowest BCUT2D eigenvalue weighted by Gasteiger charge is -2.30. The summed E-state index contributed by atoms with van der Waals surface area (Å²) in [5.74, 6) is 1.46. The molecule has 2 aliphatic heterocycles. The summed E-state index contributed by atoms with van der Waals surface area (Å²) in [6.45, 7) is 3.74. The molecule has 0 unspecified atom stereocenters. The topological polar surface area (TPSA) is 138 Å². The number of nitrogens with zero attached hydrogens (tertiary/aromatic N) is 1. The second-order valence-electron chi connectivity index (χ2n) is 9.92. The van der Waals surface area contributed by atoms with E-state index in [1.54, 1.807) is 50.2 Å². The molecule has 0 fully saturated rings. The smallest absolute Gasteiger partial charge is 0.338 e. The van der Waals surface area contributed by atoms with Crippen LogP contribution in [0.25, 0.3) is 0 Å². The first-order valence-corrected chi connectivity index (χ1v) is 14.9. The van der Waals surface area contributed by atoms with Gasteiger partial charge in [0, 0.05) is 11.3 Å². The van der Waals surface area contributed by atoms with Crippen LogP contribution >= 0.6 is 23.8 Å². The van der Waals surface area contributed by atoms with Gasteiger partial charge >= 0.3 is 5.97 Å². The van der Waals surface area contributed by atoms with Gasteiger partial charge in [-0.05, 0) is 67.5 Å². The van der Waals surface area contributed by atoms with Gasteiger partial charge in [-0.3, -0.25) is 4.79 Å². The third-order valence-electron chi connectivity index (χ3n) is 6.83. The summed E-state index contributed by atoms with van der Waals surface area (Å²) < 4.78 is 33.3. The number of fused-ring (bicyclic) bond motifs is 1. The lowest BCUT2D eigenvalue weighted by molar-refractivity contribution is -0.139. The summed E-state index contributed by atoms with van der Waals surface area (Å²) in [6, 6.07) is 15.2. The van der Waals surface area contributed by atoms with Crippen molar-refractivity contribution in [2.24, 2.45) is 5.10 Å². The predicted molar refractivity (Wildman–Crippen MR) is 174 cm³/mol. The average molecular weight is 667 g/mol. The van der Waals surface area contributed by atoms with Gasteiger partial charge in [-0.1, -0.05) is 35.9 Å². The van der Waals surface area contributed by atoms with Gasteiger partial charge < -0.3 is 39.1 Å². The molecule has 2 aliphatic rings. The minimum Gasteiger partial charge on any atom is -0.493 e. The molecule has 0 aromatic heterocycles. The number of methoxy groups -OCH3 is 1. The molecule has 0 saturated carbocycles. The molecule has 14 heteroatoms. The van der Waals surface area contributed by atoms with Crippen molar-refractivity contribution in [1.29, 1.82) is 0 Å². The first-order valence-electron chi connectivity index (χ1n) is 14.1. The Labute approximate surface area is 275 Å². The molecule has 5 rings (SSSR count). The molecular weight excluding hydrogens is 636 g/mol. The number of ether oxygens (including phenoxy) is 6. The standard InChI is InChI=1S/C32H31ClN4O8S/c1-4-41-31(39)28-18(2)35-32(46)36-29(28)21-7-5-6-8-23(21)42-16-27(38)37-34-14-20-11-22(33)30(26(13-20)40-3)43-15-19-9-10-24-25(12-19)45-17-44-24/h5-14,29H,4,15-17H2,1-3H3,(H,37,38)(H2,35,36,46)/t29-/m0/s1. The van der Waals surface area contributed by atoms with E-state index < -0.39 is 17.9 Å². The third-order valence-corrected chi connectivity index (χ3v) is 7.33. The SMILES string of the molecule is CCOC(=O)C1=C(C)NC(=S)N[C@H]1c1ccccc1OCC(=O)NN=Cc1cc(Cl)c(OCc2ccc3c(c2)OCO3)c(OC)c1. The summed E-state index contributed by atoms with van der Waals surface area (Å²) in [4.78, 5) is 25.4. The van der Waals surface area contributed by atoms with E-state index in [4.69, 9.17) is 52.2 Å². The highest BCUT2D eigenvalue weighted by Gasteiger charge is 2.32. The Morgan fingerprint density at radius 1 is 1.11 bits per heavy atom. The van der Waals surface area contributed by atoms with Gasteiger partial charge in [0.15, 0.2) is 34.7 Å². The Morgan fingerprint density at radius 3 is 2.72 bits per heavy atom. The first-order chi connectivity index (χ1) is 22.3. The number of amides is 1. The second-order valence-corrected chi connectivity index (χ2v) is 10.7. The summed E-state index contributed by atoms with van der Waals surface area (Å²) >= 11 is 11.8. The van der Waals surface area contributed by atoms with Crippen molar-refractivity contribution in [3.05, 3.63) is 87.6 Å². The molecular formula is C32H31ClN4O8S. The van der Waals surface area contributed by atoms with E-state index in [2.05, 4.69) is 21.2 Å². The number of hydrogen-bond acceptors (Lipinski definition) is 10. The number of hydrazone groups is 1. The number of rotatable bonds is 12. The number of para-hydroxylation sites is 1. The van der Waals surface area contributed by atoms with Crippen molar-refractivity contribution in [3.8, 4) is 28.7 Å². The highest BCUT2D eigenvalue weighted by molar-refractivity contribution is 7.80. The molecule has 46 heavy (non-hydrogen) atoms. The van der Waals surface area contributed by atoms with E-state index in [1.165, 1.54) is 13.3 Å². The zero-order valence-corrected chi connectivity index (χ0v) is 26.8. The summed E-state index contributed by atoms with van der Waals surface area (Å²) in [5, 5.41) is 10.7. The Hall–Kier alpha value is -5.01. The third kappa shape index (κ3) is 7.61. The van der Waals surface area contributed by atoms with Gasteiger partial charge in [0.25, 0.3) is 5.91 Å². The number of thiocarbonyl (C=S) groups is 1. The maximum Gasteiger partial charge on any atom is 0.338 e. The molecule has 0 aliphatic carbocycles. The van der Waals surface area contributed by atoms with Gasteiger partial charge in [0.1, 0.15) is 12.4 Å². The summed E-state index contributed by atoms with van der Waals surface area (Å²) in [5.41, 5.74) is 5.39. The van der Waals surface area contributed by atoms with Crippen LogP contribution in [0, 0.1) is 0 Å². The molecule has 1 amide bonds. The largest absolute Gasteiger partial charge is 0.493 e. The quantitative estimate of drug-likeness (QED) is 0.109. The van der Waals surface area contributed by atoms with E-state index in [0.29, 0.717) is 61.3 Å². The Balaban J connectivity index is 1.20. The fourth-order valence-corrected chi connectivity index (χ4v) is 5.30. The fourth-order valence-electron chi connectivity index (χ4n) is 4.75. The Kier molecular flexibility index (Phi) is 10.5. The van der Waals surface area contributed by atoms with Crippen LogP contribution in [0.5, 0.6) is 28.7 Å². The highest BCUT2D eigenvalue weighted by atomic mass is 35.5. The Bertz CT molecular complexity index is 1710. The number of benzene rings is 3. The number of carbonyl (C=O) groups excluding carboxylic acids is 2. The van der Waals surface area contributed by atoms with Crippen LogP contribution in [0.1, 0.15) is 36.6 Å². The minimum absolute atomic E-state index is 0.187. The van der Waals surface area contributed by atoms with Gasteiger partial charge in [-0.2, -0.15) is 5.10 Å². The van der Waals surface area contributed by atoms with Crippen molar-refractivity contribution < 1.29 is 38.0 Å². The molecule has 3 aromatic rings. The van der Waals surface area contributed by atoms with E-state index in [0.717, 1.165) is 5.56 Å². The number of halogens is 1. The second kappa shape index (κ2) is 14.8. The Morgan fingerprint density at radius 2 is 1.91 bits per heavy atom. The summed E-state index contributed by atoms with van der Waals surface area (Å²) in [6.07, 6.45) is 1.42. The molecule has 240 valence electrons. The normalized spacial score (nSPS) is 15.2. The van der Waals surface area contributed by atoms with E-state index >= 15 is 0 Å². The van der Waals surface area contributed by atoms with Crippen molar-refractivity contribution in [1.82, 2.24) is 16.1 Å². The number of carbonyl (C=O) groups is 2. The van der Waals surface area contributed by atoms with Crippen LogP contribution in [0.2, 0.25) is 5.02 Å². The van der Waals surface area contributed by atoms with E-state index in [-0.39, 0.29) is 26.6 Å². The van der Waals surface area contributed by atoms with Crippen molar-refractivity contribution in [2.75, 3.05) is 27.1 Å². The van der Waals surface area contributed by atoms with Gasteiger partial charge in [-0.15, -0.1) is 0 Å². The van der Waals surface area contributed by atoms with Gasteiger partial charge in [0.05, 0.1) is 36.6 Å². The number of esters is 1. The van der Waals surface area contributed by atoms with Crippen molar-refractivity contribution >= 4 is 47.0 Å². The molecule has 1 atom stereocenters. The maximum absolute atomic E-state index is 12.8.